The summed E-state index contributed by atoms with van der Waals surface area (Å²) in [6, 6.07) is 5.81. The molecule has 0 aliphatic carbocycles. The van der Waals surface area contributed by atoms with E-state index in [-0.39, 0.29) is 12.3 Å². The van der Waals surface area contributed by atoms with Gasteiger partial charge in [-0.05, 0) is 18.2 Å². The molecule has 0 saturated carbocycles. The molecule has 0 aliphatic heterocycles. The van der Waals surface area contributed by atoms with Crippen LogP contribution in [-0.2, 0) is 9.59 Å². The Morgan fingerprint density at radius 3 is 2.65 bits per heavy atom. The van der Waals surface area contributed by atoms with Crippen molar-refractivity contribution in [2.45, 2.75) is 26.3 Å². The Bertz CT molecular complexity index is 477. The van der Waals surface area contributed by atoms with E-state index in [4.69, 9.17) is 11.6 Å². The van der Waals surface area contributed by atoms with Crippen LogP contribution in [0.5, 0.6) is 0 Å². The third-order valence-electron chi connectivity index (χ3n) is 2.71. The van der Waals surface area contributed by atoms with E-state index < -0.39 is 12.0 Å². The van der Waals surface area contributed by atoms with Crippen molar-refractivity contribution in [2.75, 3.05) is 11.9 Å². The van der Waals surface area contributed by atoms with Crippen molar-refractivity contribution in [3.63, 3.8) is 0 Å². The van der Waals surface area contributed by atoms with Gasteiger partial charge in [0.25, 0.3) is 0 Å². The number of quaternary nitrogens is 1. The number of nitrogens with one attached hydrogen (secondary N) is 1. The van der Waals surface area contributed by atoms with Crippen LogP contribution in [0.1, 0.15) is 20.3 Å². The van der Waals surface area contributed by atoms with Gasteiger partial charge in [0, 0.05) is 16.6 Å². The van der Waals surface area contributed by atoms with Gasteiger partial charge in [-0.3, -0.25) is 4.79 Å². The molecular formula is C14H19ClN2O3. The maximum absolute atomic E-state index is 11.8. The standard InChI is InChI=1S/C14H19ClN2O3/c1-9(2)8-16-12(14(19)20)7-13(18)17-11-5-3-4-10(15)6-11/h3-6,9,12,16H,7-8H2,1-2H3,(H,17,18)(H,19,20)/t12-/m1/s1. The van der Waals surface area contributed by atoms with Crippen LogP contribution >= 0.6 is 11.6 Å². The average molecular weight is 299 g/mol. The molecule has 0 unspecified atom stereocenters. The molecule has 0 saturated heterocycles. The highest BCUT2D eigenvalue weighted by Crippen LogP contribution is 2.14. The monoisotopic (exact) mass is 298 g/mol. The molecule has 0 radical (unpaired) electrons. The first-order valence-electron chi connectivity index (χ1n) is 6.48. The molecule has 1 aromatic rings. The molecule has 0 heterocycles. The minimum atomic E-state index is -1.23. The van der Waals surface area contributed by atoms with Crippen LogP contribution in [-0.4, -0.2) is 24.5 Å². The van der Waals surface area contributed by atoms with E-state index in [0.717, 1.165) is 0 Å². The Morgan fingerprint density at radius 1 is 1.40 bits per heavy atom. The molecule has 20 heavy (non-hydrogen) atoms. The molecule has 6 heteroatoms. The lowest BCUT2D eigenvalue weighted by Crippen LogP contribution is -2.94. The molecule has 3 N–H and O–H groups in total. The zero-order chi connectivity index (χ0) is 15.1. The summed E-state index contributed by atoms with van der Waals surface area (Å²) >= 11 is 5.81. The van der Waals surface area contributed by atoms with Crippen LogP contribution in [0.3, 0.4) is 0 Å². The minimum absolute atomic E-state index is 0.137. The fourth-order valence-corrected chi connectivity index (χ4v) is 1.87. The van der Waals surface area contributed by atoms with Gasteiger partial charge in [-0.1, -0.05) is 31.5 Å². The van der Waals surface area contributed by atoms with Gasteiger partial charge in [-0.2, -0.15) is 0 Å². The maximum Gasteiger partial charge on any atom is 0.230 e. The smallest absolute Gasteiger partial charge is 0.230 e. The Morgan fingerprint density at radius 2 is 2.10 bits per heavy atom. The Kier molecular flexibility index (Phi) is 6.48. The first-order valence-corrected chi connectivity index (χ1v) is 6.86. The summed E-state index contributed by atoms with van der Waals surface area (Å²) in [6.45, 7) is 4.59. The van der Waals surface area contributed by atoms with Gasteiger partial charge < -0.3 is 20.5 Å². The molecular weight excluding hydrogens is 280 g/mol. The second-order valence-corrected chi connectivity index (χ2v) is 5.49. The number of carbonyl (C=O) groups excluding carboxylic acids is 2. The minimum Gasteiger partial charge on any atom is -0.544 e. The van der Waals surface area contributed by atoms with Gasteiger partial charge in [0.2, 0.25) is 5.91 Å². The summed E-state index contributed by atoms with van der Waals surface area (Å²) in [5, 5.41) is 15.8. The number of rotatable bonds is 7. The van der Waals surface area contributed by atoms with E-state index in [1.807, 2.05) is 13.8 Å². The summed E-state index contributed by atoms with van der Waals surface area (Å²) in [5.41, 5.74) is 0.545. The summed E-state index contributed by atoms with van der Waals surface area (Å²) in [6.07, 6.45) is -0.137. The van der Waals surface area contributed by atoms with Gasteiger partial charge in [0.1, 0.15) is 6.04 Å². The number of anilines is 1. The molecule has 0 aliphatic rings. The number of carbonyl (C=O) groups is 2. The van der Waals surface area contributed by atoms with Crippen molar-refractivity contribution in [3.05, 3.63) is 29.3 Å². The highest BCUT2D eigenvalue weighted by atomic mass is 35.5. The molecule has 0 spiro atoms. The lowest BCUT2D eigenvalue weighted by molar-refractivity contribution is -0.686. The summed E-state index contributed by atoms with van der Waals surface area (Å²) in [7, 11) is 0. The Balaban J connectivity index is 2.55. The molecule has 0 fully saturated rings. The quantitative estimate of drug-likeness (QED) is 0.743. The first kappa shape index (κ1) is 16.5. The summed E-state index contributed by atoms with van der Waals surface area (Å²) < 4.78 is 0. The van der Waals surface area contributed by atoms with Crippen LogP contribution < -0.4 is 15.7 Å². The predicted octanol–water partition coefficient (Wildman–Crippen LogP) is 0.00650. The lowest BCUT2D eigenvalue weighted by Gasteiger charge is -2.17. The number of hydrogen-bond acceptors (Lipinski definition) is 3. The van der Waals surface area contributed by atoms with E-state index in [1.54, 1.807) is 29.6 Å². The zero-order valence-electron chi connectivity index (χ0n) is 11.6. The molecule has 5 nitrogen and oxygen atoms in total. The van der Waals surface area contributed by atoms with Crippen molar-refractivity contribution in [3.8, 4) is 0 Å². The lowest BCUT2D eigenvalue weighted by atomic mass is 10.1. The Labute approximate surface area is 123 Å². The molecule has 1 aromatic carbocycles. The molecule has 0 aromatic heterocycles. The van der Waals surface area contributed by atoms with Crippen molar-refractivity contribution < 1.29 is 20.0 Å². The fraction of sp³-hybridized carbons (Fsp3) is 0.429. The van der Waals surface area contributed by atoms with Crippen LogP contribution in [0.2, 0.25) is 5.02 Å². The number of carboxylic acid groups (broad SMARTS) is 1. The topological polar surface area (TPSA) is 85.8 Å². The number of amides is 1. The van der Waals surface area contributed by atoms with Crippen molar-refractivity contribution in [2.24, 2.45) is 5.92 Å². The van der Waals surface area contributed by atoms with E-state index in [9.17, 15) is 14.7 Å². The average Bonchev–Trinajstić information content (AvgIpc) is 2.33. The molecule has 1 atom stereocenters. The highest BCUT2D eigenvalue weighted by Gasteiger charge is 2.18. The van der Waals surface area contributed by atoms with Crippen molar-refractivity contribution in [1.29, 1.82) is 0 Å². The number of hydrogen-bond donors (Lipinski definition) is 2. The summed E-state index contributed by atoms with van der Waals surface area (Å²) in [4.78, 5) is 22.8. The van der Waals surface area contributed by atoms with Gasteiger partial charge >= 0.3 is 0 Å². The SMILES string of the molecule is CC(C)C[NH2+][C@H](CC(=O)Nc1cccc(Cl)c1)C(=O)[O-]. The van der Waals surface area contributed by atoms with Crippen LogP contribution in [0.4, 0.5) is 5.69 Å². The van der Waals surface area contributed by atoms with Gasteiger partial charge in [0.05, 0.1) is 18.9 Å². The molecule has 1 rings (SSSR count). The number of benzene rings is 1. The zero-order valence-corrected chi connectivity index (χ0v) is 12.3. The largest absolute Gasteiger partial charge is 0.544 e. The van der Waals surface area contributed by atoms with Crippen LogP contribution in [0, 0.1) is 5.92 Å². The van der Waals surface area contributed by atoms with E-state index in [1.165, 1.54) is 0 Å². The number of aliphatic carboxylic acids is 1. The first-order chi connectivity index (χ1) is 9.38. The van der Waals surface area contributed by atoms with E-state index in [2.05, 4.69) is 5.32 Å². The Hall–Kier alpha value is -1.59. The van der Waals surface area contributed by atoms with Gasteiger partial charge in [-0.25, -0.2) is 0 Å². The fourth-order valence-electron chi connectivity index (χ4n) is 1.68. The highest BCUT2D eigenvalue weighted by molar-refractivity contribution is 6.30. The molecule has 110 valence electrons. The third-order valence-corrected chi connectivity index (χ3v) is 2.94. The van der Waals surface area contributed by atoms with E-state index in [0.29, 0.717) is 23.2 Å². The van der Waals surface area contributed by atoms with Crippen molar-refractivity contribution in [1.82, 2.24) is 0 Å². The second kappa shape index (κ2) is 7.87. The van der Waals surface area contributed by atoms with E-state index >= 15 is 0 Å². The van der Waals surface area contributed by atoms with Crippen LogP contribution in [0.15, 0.2) is 24.3 Å². The third kappa shape index (κ3) is 6.04. The predicted molar refractivity (Wildman–Crippen MR) is 75.1 cm³/mol. The number of halogens is 1. The summed E-state index contributed by atoms with van der Waals surface area (Å²) in [5.74, 6) is -1.26. The number of carboxylic acids is 1. The normalized spacial score (nSPS) is 12.2. The van der Waals surface area contributed by atoms with Gasteiger partial charge in [0.15, 0.2) is 0 Å². The van der Waals surface area contributed by atoms with Crippen molar-refractivity contribution >= 4 is 29.2 Å². The second-order valence-electron chi connectivity index (χ2n) is 5.05. The molecule has 0 bridgehead atoms. The van der Waals surface area contributed by atoms with Crippen LogP contribution in [0.25, 0.3) is 0 Å². The van der Waals surface area contributed by atoms with Gasteiger partial charge in [-0.15, -0.1) is 0 Å². The molecule has 1 amide bonds. The maximum atomic E-state index is 11.8. The number of nitrogens with two attached hydrogens (primary N) is 1.